The zero-order chi connectivity index (χ0) is 20.5. The number of hydroxylamine groups is 2. The van der Waals surface area contributed by atoms with Gasteiger partial charge in [-0.2, -0.15) is 0 Å². The van der Waals surface area contributed by atoms with Crippen LogP contribution in [0.25, 0.3) is 0 Å². The highest BCUT2D eigenvalue weighted by molar-refractivity contribution is 6.05. The molecule has 0 aliphatic carbocycles. The van der Waals surface area contributed by atoms with Gasteiger partial charge in [0.1, 0.15) is 0 Å². The average molecular weight is 386 g/mol. The fraction of sp³-hybridized carbons (Fsp3) is 0.333. The third-order valence-corrected chi connectivity index (χ3v) is 3.81. The third kappa shape index (κ3) is 5.72. The predicted octanol–water partition coefficient (Wildman–Crippen LogP) is 3.98. The lowest BCUT2D eigenvalue weighted by Crippen LogP contribution is -2.22. The van der Waals surface area contributed by atoms with Crippen molar-refractivity contribution in [1.82, 2.24) is 5.06 Å². The smallest absolute Gasteiger partial charge is 0.276 e. The van der Waals surface area contributed by atoms with Crippen molar-refractivity contribution in [3.8, 4) is 11.5 Å². The summed E-state index contributed by atoms with van der Waals surface area (Å²) in [6.45, 7) is 5.13. The largest absolute Gasteiger partial charge is 0.490 e. The molecule has 2 amide bonds. The minimum Gasteiger partial charge on any atom is -0.490 e. The standard InChI is InChI=1S/C21H26N2O5/c1-4-12-27-18-11-8-16(14-19(18)28-13-5-2)20(24)22-17-9-6-15(7-10-17)21(25)23(3)26/h6-11,14,26H,4-5,12-13H2,1-3H3,(H,22,24). The van der Waals surface area contributed by atoms with Gasteiger partial charge >= 0.3 is 0 Å². The lowest BCUT2D eigenvalue weighted by Gasteiger charge is -2.14. The van der Waals surface area contributed by atoms with Crippen molar-refractivity contribution in [2.24, 2.45) is 0 Å². The zero-order valence-corrected chi connectivity index (χ0v) is 16.4. The molecule has 28 heavy (non-hydrogen) atoms. The lowest BCUT2D eigenvalue weighted by atomic mass is 10.1. The van der Waals surface area contributed by atoms with Crippen LogP contribution in [0.4, 0.5) is 5.69 Å². The van der Waals surface area contributed by atoms with E-state index in [0.717, 1.165) is 12.8 Å². The van der Waals surface area contributed by atoms with E-state index in [4.69, 9.17) is 9.47 Å². The number of anilines is 1. The zero-order valence-electron chi connectivity index (χ0n) is 16.4. The molecule has 0 unspecified atom stereocenters. The van der Waals surface area contributed by atoms with E-state index < -0.39 is 5.91 Å². The first-order valence-corrected chi connectivity index (χ1v) is 9.24. The van der Waals surface area contributed by atoms with Gasteiger partial charge in [0.2, 0.25) is 0 Å². The second-order valence-corrected chi connectivity index (χ2v) is 6.22. The van der Waals surface area contributed by atoms with E-state index in [1.54, 1.807) is 30.3 Å². The third-order valence-electron chi connectivity index (χ3n) is 3.81. The molecule has 0 aromatic heterocycles. The summed E-state index contributed by atoms with van der Waals surface area (Å²) >= 11 is 0. The number of ether oxygens (including phenoxy) is 2. The highest BCUT2D eigenvalue weighted by atomic mass is 16.5. The Bertz CT molecular complexity index is 803. The lowest BCUT2D eigenvalue weighted by molar-refractivity contribution is -0.0374. The summed E-state index contributed by atoms with van der Waals surface area (Å²) in [6, 6.07) is 11.3. The van der Waals surface area contributed by atoms with Gasteiger partial charge in [0, 0.05) is 23.9 Å². The van der Waals surface area contributed by atoms with Crippen LogP contribution in [0.1, 0.15) is 47.4 Å². The van der Waals surface area contributed by atoms with E-state index >= 15 is 0 Å². The van der Waals surface area contributed by atoms with Crippen LogP contribution >= 0.6 is 0 Å². The summed E-state index contributed by atoms with van der Waals surface area (Å²) in [7, 11) is 1.25. The molecule has 0 saturated carbocycles. The molecular formula is C21H26N2O5. The monoisotopic (exact) mass is 386 g/mol. The van der Waals surface area contributed by atoms with Gasteiger partial charge in [0.25, 0.3) is 11.8 Å². The fourth-order valence-electron chi connectivity index (χ4n) is 2.39. The molecule has 7 nitrogen and oxygen atoms in total. The number of carbonyl (C=O) groups excluding carboxylic acids is 2. The van der Waals surface area contributed by atoms with Crippen LogP contribution in [0, 0.1) is 0 Å². The van der Waals surface area contributed by atoms with Gasteiger partial charge in [-0.3, -0.25) is 14.8 Å². The second kappa shape index (κ2) is 10.3. The predicted molar refractivity (Wildman–Crippen MR) is 106 cm³/mol. The molecule has 150 valence electrons. The topological polar surface area (TPSA) is 88.1 Å². The minimum absolute atomic E-state index is 0.304. The maximum absolute atomic E-state index is 12.6. The number of hydrogen-bond donors (Lipinski definition) is 2. The van der Waals surface area contributed by atoms with Gasteiger partial charge in [0.05, 0.1) is 13.2 Å². The molecule has 0 fully saturated rings. The Labute approximate surface area is 164 Å². The van der Waals surface area contributed by atoms with Crippen molar-refractivity contribution in [2.75, 3.05) is 25.6 Å². The number of nitrogens with zero attached hydrogens (tertiary/aromatic N) is 1. The van der Waals surface area contributed by atoms with Gasteiger partial charge in [-0.05, 0) is 55.3 Å². The summed E-state index contributed by atoms with van der Waals surface area (Å²) in [6.07, 6.45) is 1.72. The van der Waals surface area contributed by atoms with Crippen LogP contribution < -0.4 is 14.8 Å². The Balaban J connectivity index is 2.13. The Hall–Kier alpha value is -3.06. The summed E-state index contributed by atoms with van der Waals surface area (Å²) in [4.78, 5) is 24.3. The van der Waals surface area contributed by atoms with Crippen molar-refractivity contribution in [2.45, 2.75) is 26.7 Å². The Kier molecular flexibility index (Phi) is 7.83. The highest BCUT2D eigenvalue weighted by Gasteiger charge is 2.13. The summed E-state index contributed by atoms with van der Waals surface area (Å²) in [5, 5.41) is 12.5. The number of carbonyl (C=O) groups is 2. The molecule has 0 atom stereocenters. The molecular weight excluding hydrogens is 360 g/mol. The molecule has 0 saturated heterocycles. The average Bonchev–Trinajstić information content (AvgIpc) is 2.70. The van der Waals surface area contributed by atoms with Gasteiger partial charge in [0.15, 0.2) is 11.5 Å². The fourth-order valence-corrected chi connectivity index (χ4v) is 2.39. The molecule has 7 heteroatoms. The molecule has 0 heterocycles. The van der Waals surface area contributed by atoms with Crippen molar-refractivity contribution >= 4 is 17.5 Å². The van der Waals surface area contributed by atoms with Crippen molar-refractivity contribution in [1.29, 1.82) is 0 Å². The SMILES string of the molecule is CCCOc1ccc(C(=O)Nc2ccc(C(=O)N(C)O)cc2)cc1OCCC. The first-order valence-electron chi connectivity index (χ1n) is 9.24. The van der Waals surface area contributed by atoms with Gasteiger partial charge < -0.3 is 14.8 Å². The summed E-state index contributed by atoms with van der Waals surface area (Å²) in [5.41, 5.74) is 1.28. The molecule has 2 rings (SSSR count). The quantitative estimate of drug-likeness (QED) is 0.503. The number of amides is 2. The van der Waals surface area contributed by atoms with Crippen molar-refractivity contribution in [3.63, 3.8) is 0 Å². The summed E-state index contributed by atoms with van der Waals surface area (Å²) < 4.78 is 11.4. The highest BCUT2D eigenvalue weighted by Crippen LogP contribution is 2.29. The first-order chi connectivity index (χ1) is 13.5. The molecule has 0 radical (unpaired) electrons. The van der Waals surface area contributed by atoms with Crippen LogP contribution in [0.15, 0.2) is 42.5 Å². The van der Waals surface area contributed by atoms with Gasteiger partial charge in [-0.1, -0.05) is 13.8 Å². The van der Waals surface area contributed by atoms with Crippen molar-refractivity contribution in [3.05, 3.63) is 53.6 Å². The number of rotatable bonds is 9. The molecule has 0 spiro atoms. The van der Waals surface area contributed by atoms with Crippen LogP contribution in [-0.4, -0.2) is 42.3 Å². The number of nitrogens with one attached hydrogen (secondary N) is 1. The van der Waals surface area contributed by atoms with Crippen LogP contribution in [0.3, 0.4) is 0 Å². The minimum atomic E-state index is -0.529. The van der Waals surface area contributed by atoms with E-state index in [-0.39, 0.29) is 5.91 Å². The van der Waals surface area contributed by atoms with E-state index in [1.807, 2.05) is 13.8 Å². The van der Waals surface area contributed by atoms with E-state index in [1.165, 1.54) is 19.2 Å². The molecule has 0 aliphatic heterocycles. The molecule has 2 N–H and O–H groups in total. The van der Waals surface area contributed by atoms with Gasteiger partial charge in [-0.15, -0.1) is 0 Å². The van der Waals surface area contributed by atoms with Crippen LogP contribution in [-0.2, 0) is 0 Å². The molecule has 2 aromatic rings. The van der Waals surface area contributed by atoms with Crippen LogP contribution in [0.5, 0.6) is 11.5 Å². The second-order valence-electron chi connectivity index (χ2n) is 6.22. The van der Waals surface area contributed by atoms with Crippen LogP contribution in [0.2, 0.25) is 0 Å². The van der Waals surface area contributed by atoms with E-state index in [9.17, 15) is 14.8 Å². The normalized spacial score (nSPS) is 10.3. The molecule has 0 bridgehead atoms. The maximum Gasteiger partial charge on any atom is 0.276 e. The molecule has 0 aliphatic rings. The van der Waals surface area contributed by atoms with E-state index in [2.05, 4.69) is 5.32 Å². The van der Waals surface area contributed by atoms with Crippen molar-refractivity contribution < 1.29 is 24.3 Å². The first kappa shape index (κ1) is 21.2. The number of benzene rings is 2. The Morgan fingerprint density at radius 3 is 2.07 bits per heavy atom. The Morgan fingerprint density at radius 1 is 0.929 bits per heavy atom. The Morgan fingerprint density at radius 2 is 1.50 bits per heavy atom. The number of hydrogen-bond acceptors (Lipinski definition) is 5. The molecule has 2 aromatic carbocycles. The summed E-state index contributed by atoms with van der Waals surface area (Å²) in [5.74, 6) is 0.317. The van der Waals surface area contributed by atoms with E-state index in [0.29, 0.717) is 46.6 Å². The maximum atomic E-state index is 12.6. The van der Waals surface area contributed by atoms with Gasteiger partial charge in [-0.25, -0.2) is 5.06 Å².